The molecule has 4 amide bonds. The summed E-state index contributed by atoms with van der Waals surface area (Å²) in [7, 11) is 1.59. The number of aliphatic carboxylic acids is 1. The number of methoxy groups -OCH3 is 1. The summed E-state index contributed by atoms with van der Waals surface area (Å²) in [6, 6.07) is 23.0. The van der Waals surface area contributed by atoms with Crippen LogP contribution in [0, 0.1) is 5.41 Å². The van der Waals surface area contributed by atoms with Crippen molar-refractivity contribution in [3.8, 4) is 5.75 Å². The lowest BCUT2D eigenvalue weighted by molar-refractivity contribution is -0.137. The van der Waals surface area contributed by atoms with Gasteiger partial charge in [0, 0.05) is 32.0 Å². The molecule has 1 aliphatic heterocycles. The molecule has 1 saturated heterocycles. The number of rotatable bonds is 14. The number of carboxylic acid groups (broad SMARTS) is 1. The highest BCUT2D eigenvalue weighted by Crippen LogP contribution is 2.42. The zero-order chi connectivity index (χ0) is 36.5. The summed E-state index contributed by atoms with van der Waals surface area (Å²) in [5.41, 5.74) is 1.69. The third-order valence-corrected chi connectivity index (χ3v) is 9.78. The van der Waals surface area contributed by atoms with Gasteiger partial charge in [0.2, 0.25) is 17.7 Å². The second-order valence-electron chi connectivity index (χ2n) is 13.2. The topological polar surface area (TPSA) is 145 Å². The average molecular weight is 695 g/mol. The van der Waals surface area contributed by atoms with Crippen molar-refractivity contribution in [2.45, 2.75) is 77.4 Å². The van der Waals surface area contributed by atoms with Gasteiger partial charge in [-0.05, 0) is 72.7 Å². The predicted molar refractivity (Wildman–Crippen MR) is 193 cm³/mol. The van der Waals surface area contributed by atoms with E-state index < -0.39 is 23.6 Å². The molecule has 2 unspecified atom stereocenters. The minimum atomic E-state index is -1.28. The van der Waals surface area contributed by atoms with Crippen molar-refractivity contribution >= 4 is 41.4 Å². The van der Waals surface area contributed by atoms with Crippen LogP contribution in [0.5, 0.6) is 5.75 Å². The van der Waals surface area contributed by atoms with Crippen LogP contribution in [0.25, 0.3) is 6.08 Å². The molecular weight excluding hydrogens is 648 g/mol. The molecule has 51 heavy (non-hydrogen) atoms. The number of anilines is 1. The van der Waals surface area contributed by atoms with E-state index in [0.717, 1.165) is 24.0 Å². The van der Waals surface area contributed by atoms with Gasteiger partial charge in [-0.25, -0.2) is 4.79 Å². The number of carbonyl (C=O) groups excluding carboxylic acids is 4. The number of carbonyl (C=O) groups is 5. The fourth-order valence-corrected chi connectivity index (χ4v) is 7.15. The Hall–Kier alpha value is -5.45. The van der Waals surface area contributed by atoms with Crippen LogP contribution in [0.2, 0.25) is 0 Å². The summed E-state index contributed by atoms with van der Waals surface area (Å²) in [6.07, 6.45) is 5.27. The van der Waals surface area contributed by atoms with E-state index in [1.54, 1.807) is 41.2 Å². The van der Waals surface area contributed by atoms with Gasteiger partial charge in [-0.15, -0.1) is 0 Å². The molecule has 0 radical (unpaired) electrons. The molecule has 5 rings (SSSR count). The molecule has 268 valence electrons. The van der Waals surface area contributed by atoms with Crippen molar-refractivity contribution in [1.29, 1.82) is 0 Å². The first-order chi connectivity index (χ1) is 24.6. The van der Waals surface area contributed by atoms with Gasteiger partial charge in [0.1, 0.15) is 23.7 Å². The summed E-state index contributed by atoms with van der Waals surface area (Å²) in [4.78, 5) is 68.8. The zero-order valence-electron chi connectivity index (χ0n) is 29.4. The Morgan fingerprint density at radius 2 is 1.63 bits per heavy atom. The maximum Gasteiger partial charge on any atom is 0.352 e. The number of benzene rings is 3. The summed E-state index contributed by atoms with van der Waals surface area (Å²) in [6.45, 7) is 3.68. The number of carboxylic acids is 1. The molecule has 11 heteroatoms. The Balaban J connectivity index is 1.45. The second kappa shape index (κ2) is 16.5. The van der Waals surface area contributed by atoms with Gasteiger partial charge in [-0.2, -0.15) is 0 Å². The number of hydrogen-bond acceptors (Lipinski definition) is 6. The Morgan fingerprint density at radius 1 is 0.961 bits per heavy atom. The van der Waals surface area contributed by atoms with Gasteiger partial charge in [0.15, 0.2) is 0 Å². The van der Waals surface area contributed by atoms with Crippen LogP contribution in [0.3, 0.4) is 0 Å². The normalized spacial score (nSPS) is 18.4. The molecule has 3 aromatic rings. The Labute approximate surface area is 298 Å². The molecule has 0 bridgehead atoms. The lowest BCUT2D eigenvalue weighted by Gasteiger charge is -2.32. The molecular formula is C40H46N4O7. The van der Waals surface area contributed by atoms with E-state index in [2.05, 4.69) is 10.6 Å². The summed E-state index contributed by atoms with van der Waals surface area (Å²) >= 11 is 0. The molecule has 1 aliphatic carbocycles. The van der Waals surface area contributed by atoms with E-state index in [4.69, 9.17) is 4.74 Å². The molecule has 1 saturated carbocycles. The maximum atomic E-state index is 14.4. The second-order valence-corrected chi connectivity index (χ2v) is 13.2. The van der Waals surface area contributed by atoms with Gasteiger partial charge in [-0.1, -0.05) is 74.4 Å². The molecule has 11 nitrogen and oxygen atoms in total. The Morgan fingerprint density at radius 3 is 2.22 bits per heavy atom. The molecule has 2 aliphatic rings. The van der Waals surface area contributed by atoms with Crippen molar-refractivity contribution in [2.75, 3.05) is 18.6 Å². The van der Waals surface area contributed by atoms with Crippen molar-refractivity contribution in [3.05, 3.63) is 101 Å². The quantitative estimate of drug-likeness (QED) is 0.186. The lowest BCUT2D eigenvalue weighted by atomic mass is 9.81. The molecule has 3 aromatic carbocycles. The van der Waals surface area contributed by atoms with Crippen molar-refractivity contribution in [1.82, 2.24) is 15.5 Å². The fourth-order valence-electron chi connectivity index (χ4n) is 7.15. The average Bonchev–Trinajstić information content (AvgIpc) is 3.72. The van der Waals surface area contributed by atoms with Crippen molar-refractivity contribution < 1.29 is 33.8 Å². The van der Waals surface area contributed by atoms with Crippen LogP contribution in [-0.4, -0.2) is 59.3 Å². The third kappa shape index (κ3) is 8.48. The van der Waals surface area contributed by atoms with Crippen LogP contribution in [-0.2, 0) is 30.4 Å². The number of nitrogens with one attached hydrogen (secondary N) is 2. The summed E-state index contributed by atoms with van der Waals surface area (Å²) < 4.78 is 5.31. The zero-order valence-corrected chi connectivity index (χ0v) is 29.4. The first-order valence-electron chi connectivity index (χ1n) is 17.5. The predicted octanol–water partition coefficient (Wildman–Crippen LogP) is 5.61. The molecule has 2 fully saturated rings. The molecule has 3 N–H and O–H groups in total. The molecule has 1 heterocycles. The highest BCUT2D eigenvalue weighted by atomic mass is 16.5. The monoisotopic (exact) mass is 694 g/mol. The first kappa shape index (κ1) is 36.8. The van der Waals surface area contributed by atoms with E-state index >= 15 is 0 Å². The van der Waals surface area contributed by atoms with Gasteiger partial charge >= 0.3 is 5.97 Å². The largest absolute Gasteiger partial charge is 0.497 e. The molecule has 2 atom stereocenters. The standard InChI is InChI=1S/C40H46N4O7/c1-4-10-35(46)44-34(26-29-15-19-32(51-3)20-16-29)37(47)43(36(44)30-11-6-5-7-12-30)31-17-13-28(14-18-31)25-33(38(48)49)42-39(50)40(21-8-9-22-40)23-24-41-27(2)45/h5-7,11-20,25,34,36H,4,8-10,21-24,26H2,1-3H3,(H,41,45)(H,42,50)(H,48,49). The smallest absolute Gasteiger partial charge is 0.352 e. The van der Waals surface area contributed by atoms with Crippen LogP contribution >= 0.6 is 0 Å². The lowest BCUT2D eigenvalue weighted by Crippen LogP contribution is -2.42. The minimum Gasteiger partial charge on any atom is -0.497 e. The SMILES string of the molecule is CCCC(=O)N1C(Cc2ccc(OC)cc2)C(=O)N(c2ccc(C=C(NC(=O)C3(CCNC(C)=O)CCCC3)C(=O)O)cc2)C1c1ccccc1. The first-order valence-corrected chi connectivity index (χ1v) is 17.5. The maximum absolute atomic E-state index is 14.4. The number of amides is 4. The van der Waals surface area contributed by atoms with Crippen LogP contribution in [0.1, 0.15) is 81.6 Å². The van der Waals surface area contributed by atoms with E-state index in [9.17, 15) is 29.1 Å². The van der Waals surface area contributed by atoms with Crippen molar-refractivity contribution in [3.63, 3.8) is 0 Å². The van der Waals surface area contributed by atoms with Gasteiger partial charge < -0.3 is 25.4 Å². The Kier molecular flexibility index (Phi) is 11.9. The number of hydrogen-bond donors (Lipinski definition) is 3. The summed E-state index contributed by atoms with van der Waals surface area (Å²) in [5.74, 6) is -1.50. The van der Waals surface area contributed by atoms with Crippen LogP contribution < -0.4 is 20.3 Å². The van der Waals surface area contributed by atoms with E-state index in [-0.39, 0.29) is 35.7 Å². The number of ether oxygens (including phenoxy) is 1. The van der Waals surface area contributed by atoms with Crippen molar-refractivity contribution in [2.24, 2.45) is 5.41 Å². The summed E-state index contributed by atoms with van der Waals surface area (Å²) in [5, 5.41) is 15.4. The third-order valence-electron chi connectivity index (χ3n) is 9.78. The highest BCUT2D eigenvalue weighted by Gasteiger charge is 2.49. The van der Waals surface area contributed by atoms with Gasteiger partial charge in [0.05, 0.1) is 12.5 Å². The minimum absolute atomic E-state index is 0.126. The Bertz CT molecular complexity index is 1750. The highest BCUT2D eigenvalue weighted by molar-refractivity contribution is 6.04. The van der Waals surface area contributed by atoms with E-state index in [1.807, 2.05) is 61.5 Å². The molecule has 0 aromatic heterocycles. The van der Waals surface area contributed by atoms with Crippen LogP contribution in [0.4, 0.5) is 5.69 Å². The number of nitrogens with zero attached hydrogens (tertiary/aromatic N) is 2. The molecule has 0 spiro atoms. The van der Waals surface area contributed by atoms with Gasteiger partial charge in [-0.3, -0.25) is 24.1 Å². The van der Waals surface area contributed by atoms with Crippen LogP contribution in [0.15, 0.2) is 84.6 Å². The fraction of sp³-hybridized carbons (Fsp3) is 0.375. The van der Waals surface area contributed by atoms with Gasteiger partial charge in [0.25, 0.3) is 5.91 Å². The van der Waals surface area contributed by atoms with E-state index in [0.29, 0.717) is 55.6 Å². The van der Waals surface area contributed by atoms with E-state index in [1.165, 1.54) is 13.0 Å².